The normalized spacial score (nSPS) is 21.5. The number of rotatable bonds is 19. The van der Waals surface area contributed by atoms with Crippen molar-refractivity contribution >= 4 is 90.0 Å². The zero-order valence-electron chi connectivity index (χ0n) is 84.5. The summed E-state index contributed by atoms with van der Waals surface area (Å²) in [6.45, 7) is 37.5. The molecule has 28 nitrogen and oxygen atoms in total. The topological polar surface area (TPSA) is 309 Å². The van der Waals surface area contributed by atoms with Crippen LogP contribution in [0.5, 0.6) is 0 Å². The average molecular weight is 1850 g/mol. The number of anilines is 4. The molecule has 8 aliphatic rings. The summed E-state index contributed by atoms with van der Waals surface area (Å²) in [5.74, 6) is 0.418. The summed E-state index contributed by atoms with van der Waals surface area (Å²) >= 11 is 0. The number of hydrogen-bond donors (Lipinski definition) is 8. The number of aromatic amines is 8. The summed E-state index contributed by atoms with van der Waals surface area (Å²) in [4.78, 5) is 83.5. The molecule has 8 N–H and O–H groups in total. The summed E-state index contributed by atoms with van der Waals surface area (Å²) in [6, 6.07) is 32.7. The van der Waals surface area contributed by atoms with E-state index in [0.29, 0.717) is 27.8 Å². The Labute approximate surface area is 801 Å². The van der Waals surface area contributed by atoms with Crippen molar-refractivity contribution in [2.75, 3.05) is 121 Å². The molecule has 4 aliphatic heterocycles. The van der Waals surface area contributed by atoms with Gasteiger partial charge in [-0.05, 0) is 265 Å². The van der Waals surface area contributed by atoms with Gasteiger partial charge in [-0.2, -0.15) is 20.4 Å². The number of morpholine rings is 1. The fraction of sp³-hybridized carbons (Fsp3) is 0.556. The van der Waals surface area contributed by atoms with Crippen molar-refractivity contribution in [1.82, 2.24) is 80.3 Å². The van der Waals surface area contributed by atoms with Crippen LogP contribution in [-0.2, 0) is 89.5 Å². The number of methoxy groups -OCH3 is 3. The van der Waals surface area contributed by atoms with E-state index in [2.05, 4.69) is 222 Å². The van der Waals surface area contributed by atoms with E-state index in [4.69, 9.17) is 18.9 Å². The molecule has 4 amide bonds. The number of carbonyl (C=O) groups is 4. The molecule has 136 heavy (non-hydrogen) atoms. The minimum absolute atomic E-state index is 0.0939. The van der Waals surface area contributed by atoms with E-state index < -0.39 is 0 Å². The number of H-pyrrole nitrogens is 8. The molecule has 12 heterocycles. The summed E-state index contributed by atoms with van der Waals surface area (Å²) < 4.78 is 22.4. The maximum absolute atomic E-state index is 13.3. The lowest BCUT2D eigenvalue weighted by Crippen LogP contribution is -2.54. The molecule has 0 radical (unpaired) electrons. The fourth-order valence-electron chi connectivity index (χ4n) is 22.4. The van der Waals surface area contributed by atoms with Gasteiger partial charge in [0.1, 0.15) is 22.8 Å². The number of nitrogens with one attached hydrogen (secondary N) is 8. The van der Waals surface area contributed by atoms with E-state index in [1.807, 2.05) is 80.2 Å². The van der Waals surface area contributed by atoms with Gasteiger partial charge in [-0.25, -0.2) is 0 Å². The molecule has 0 bridgehead atoms. The van der Waals surface area contributed by atoms with Crippen molar-refractivity contribution in [3.8, 4) is 45.6 Å². The number of hydrogen-bond acceptors (Lipinski definition) is 16. The fourth-order valence-corrected chi connectivity index (χ4v) is 22.4. The van der Waals surface area contributed by atoms with Gasteiger partial charge in [0.25, 0.3) is 0 Å². The highest BCUT2D eigenvalue weighted by Gasteiger charge is 2.39. The molecular weight excluding hydrogens is 1710 g/mol. The van der Waals surface area contributed by atoms with Gasteiger partial charge in [0.2, 0.25) is 23.6 Å². The first-order chi connectivity index (χ1) is 64.9. The highest BCUT2D eigenvalue weighted by Crippen LogP contribution is 2.45. The molecule has 20 rings (SSSR count). The lowest BCUT2D eigenvalue weighted by atomic mass is 9.76. The highest BCUT2D eigenvalue weighted by atomic mass is 16.5. The maximum Gasteiger partial charge on any atom is 0.243 e. The van der Waals surface area contributed by atoms with Gasteiger partial charge in [0.15, 0.2) is 0 Å². The van der Waals surface area contributed by atoms with E-state index in [-0.39, 0.29) is 72.2 Å². The first-order valence-corrected chi connectivity index (χ1v) is 50.0. The quantitative estimate of drug-likeness (QED) is 0.0373. The molecule has 4 fully saturated rings. The zero-order chi connectivity index (χ0) is 96.3. The van der Waals surface area contributed by atoms with Crippen molar-refractivity contribution in [2.24, 2.45) is 21.7 Å². The molecule has 0 saturated carbocycles. The van der Waals surface area contributed by atoms with Crippen LogP contribution < -0.4 is 19.6 Å². The Morgan fingerprint density at radius 1 is 0.360 bits per heavy atom. The van der Waals surface area contributed by atoms with Crippen LogP contribution in [0.3, 0.4) is 0 Å². The Morgan fingerprint density at radius 2 is 0.625 bits per heavy atom. The monoisotopic (exact) mass is 1850 g/mol. The second kappa shape index (κ2) is 39.7. The van der Waals surface area contributed by atoms with Gasteiger partial charge >= 0.3 is 0 Å². The van der Waals surface area contributed by atoms with E-state index >= 15 is 0 Å². The molecule has 4 saturated heterocycles. The Bertz CT molecular complexity index is 6080. The third-order valence-corrected chi connectivity index (χ3v) is 31.3. The average Bonchev–Trinajstić information content (AvgIpc) is 1.63. The number of amides is 4. The van der Waals surface area contributed by atoms with Crippen LogP contribution in [0.25, 0.3) is 89.2 Å². The van der Waals surface area contributed by atoms with E-state index in [1.54, 1.807) is 40.9 Å². The largest absolute Gasteiger partial charge is 0.381 e. The SMILES string of the molecule is CC1CN(C(C)C(=O)N(C)c2ccc3cc(-c4n[nH]c5c4CCC(C)(C)C5)[nH]c3c2)CC(C)O1.COC1CCN(C(C)C(=O)N(C)c2ccc3cc(-c4n[nH]c5c4CCC(C)(C)C5)[nH]c3c2)CC1.CO[C@@H]1CCCN(C(C)C(=O)N(C)c2ccc3cc(-c4n[nH]c5c4CCC(C)(C)C5)[nH]c3c2)C1.CO[C@H]1CCCN(C(C)C(=O)N(C)c2ccc3cc(-c4n[nH]c5c4CCC(C)(C)C5)[nH]c3c2)C1. The number of likely N-dealkylation sites (tertiary alicyclic amines) is 3. The Hall–Kier alpha value is -10.6. The number of carbonyl (C=O) groups excluding carboxylic acids is 4. The van der Waals surface area contributed by atoms with Crippen LogP contribution >= 0.6 is 0 Å². The lowest BCUT2D eigenvalue weighted by Gasteiger charge is -2.39. The number of likely N-dealkylation sites (N-methyl/N-ethyl adjacent to an activating group) is 4. The number of benzene rings is 4. The molecule has 8 atom stereocenters. The van der Waals surface area contributed by atoms with Gasteiger partial charge in [-0.3, -0.25) is 59.2 Å². The van der Waals surface area contributed by atoms with E-state index in [1.165, 1.54) is 70.7 Å². The standard InChI is InChI=1S/4C27H37N5O2/c1-16-14-32(15-17(2)34-16)18(3)26(33)31(6)20-8-7-19-11-23(28-22(19)12-20)25-21-9-10-27(4,5)13-24(21)29-30-25;1-17(32-12-9-20(34-5)10-13-32)26(33)31(4)19-7-6-18-14-23(28-22(18)15-19)25-21-8-11-27(2,3)16-24(21)29-30-25;2*1-17(32-12-6-7-20(16-32)34-5)26(33)31(4)19-9-8-18-13-23(28-22(18)14-19)25-21-10-11-27(2,3)15-24(21)29-30-25/h7-8,11-12,16-18,28H,9-10,13-15H2,1-6H3,(H,29,30);6-7,14-15,17,20,28H,8-13,16H2,1-5H3,(H,29,30);2*8-9,13-14,17,20,28H,6-7,10-12,15-16H2,1-5H3,(H,29,30)/t;;2*17?,20-/m..10/s1. The van der Waals surface area contributed by atoms with Crippen molar-refractivity contribution in [1.29, 1.82) is 0 Å². The Balaban J connectivity index is 0.000000126. The van der Waals surface area contributed by atoms with Gasteiger partial charge in [-0.15, -0.1) is 0 Å². The second-order valence-corrected chi connectivity index (χ2v) is 43.8. The molecule has 4 aliphatic carbocycles. The number of fused-ring (bicyclic) bond motifs is 8. The molecule has 0 spiro atoms. The molecule has 8 aromatic heterocycles. The van der Waals surface area contributed by atoms with E-state index in [9.17, 15) is 19.2 Å². The minimum atomic E-state index is -0.200. The lowest BCUT2D eigenvalue weighted by molar-refractivity contribution is -0.129. The second-order valence-electron chi connectivity index (χ2n) is 43.8. The number of nitrogens with zero attached hydrogens (tertiary/aromatic N) is 12. The van der Waals surface area contributed by atoms with Gasteiger partial charge in [-0.1, -0.05) is 79.7 Å². The van der Waals surface area contributed by atoms with Crippen molar-refractivity contribution in [3.63, 3.8) is 0 Å². The molecule has 4 aromatic carbocycles. The highest BCUT2D eigenvalue weighted by molar-refractivity contribution is 6.02. The number of piperidine rings is 3. The van der Waals surface area contributed by atoms with Crippen LogP contribution in [-0.4, -0.2) is 261 Å². The molecule has 28 heteroatoms. The third-order valence-electron chi connectivity index (χ3n) is 31.3. The van der Waals surface area contributed by atoms with Crippen LogP contribution in [0.15, 0.2) is 97.1 Å². The van der Waals surface area contributed by atoms with Crippen LogP contribution in [0, 0.1) is 21.7 Å². The van der Waals surface area contributed by atoms with Crippen molar-refractivity contribution in [2.45, 2.75) is 267 Å². The first-order valence-electron chi connectivity index (χ1n) is 50.0. The summed E-state index contributed by atoms with van der Waals surface area (Å²) in [5.41, 5.74) is 27.6. The molecular formula is C108H148N20O8. The Morgan fingerprint density at radius 3 is 0.897 bits per heavy atom. The van der Waals surface area contributed by atoms with Crippen molar-refractivity contribution < 1.29 is 38.1 Å². The van der Waals surface area contributed by atoms with Crippen molar-refractivity contribution in [3.05, 3.63) is 142 Å². The molecule has 728 valence electrons. The Kier molecular flexibility index (Phi) is 28.4. The van der Waals surface area contributed by atoms with Gasteiger partial charge < -0.3 is 58.5 Å². The summed E-state index contributed by atoms with van der Waals surface area (Å²) in [5, 5.41) is 36.3. The van der Waals surface area contributed by atoms with Crippen LogP contribution in [0.1, 0.15) is 206 Å². The molecule has 12 aromatic rings. The maximum atomic E-state index is 13.3. The predicted octanol–water partition coefficient (Wildman–Crippen LogP) is 18.1. The summed E-state index contributed by atoms with van der Waals surface area (Å²) in [7, 11) is 12.8. The van der Waals surface area contributed by atoms with E-state index in [0.717, 1.165) is 254 Å². The number of aromatic nitrogens is 12. The molecule has 6 unspecified atom stereocenters. The summed E-state index contributed by atoms with van der Waals surface area (Å²) in [6.07, 6.45) is 20.2. The van der Waals surface area contributed by atoms with Crippen LogP contribution in [0.4, 0.5) is 22.7 Å². The van der Waals surface area contributed by atoms with Crippen LogP contribution in [0.2, 0.25) is 0 Å². The predicted molar refractivity (Wildman–Crippen MR) is 545 cm³/mol. The smallest absolute Gasteiger partial charge is 0.243 e. The first kappa shape index (κ1) is 97.1. The zero-order valence-corrected chi connectivity index (χ0v) is 84.5. The van der Waals surface area contributed by atoms with Gasteiger partial charge in [0, 0.05) is 200 Å². The number of ether oxygens (including phenoxy) is 4. The van der Waals surface area contributed by atoms with Gasteiger partial charge in [0.05, 0.1) is 77.5 Å². The minimum Gasteiger partial charge on any atom is -0.381 e. The third kappa shape index (κ3) is 20.9.